The van der Waals surface area contributed by atoms with Crippen LogP contribution in [-0.4, -0.2) is 26.8 Å². The van der Waals surface area contributed by atoms with Crippen LogP contribution in [-0.2, 0) is 6.15 Å². The van der Waals surface area contributed by atoms with Gasteiger partial charge in [-0.3, -0.25) is 0 Å². The van der Waals surface area contributed by atoms with Gasteiger partial charge in [-0.15, -0.1) is 0 Å². The Morgan fingerprint density at radius 2 is 1.65 bits per heavy atom. The molecular formula is C14H14O2Sn. The van der Waals surface area contributed by atoms with Gasteiger partial charge < -0.3 is 0 Å². The van der Waals surface area contributed by atoms with Gasteiger partial charge in [0.15, 0.2) is 0 Å². The average molecular weight is 333 g/mol. The van der Waals surface area contributed by atoms with E-state index in [0.717, 1.165) is 14.7 Å². The first-order valence-electron chi connectivity index (χ1n) is 5.64. The molecule has 0 saturated heterocycles. The first-order chi connectivity index (χ1) is 8.33. The molecule has 0 bridgehead atoms. The van der Waals surface area contributed by atoms with Crippen LogP contribution in [0.1, 0.15) is 6.92 Å². The summed E-state index contributed by atoms with van der Waals surface area (Å²) < 4.78 is 18.3. The summed E-state index contributed by atoms with van der Waals surface area (Å²) >= 11 is -3.10. The van der Waals surface area contributed by atoms with E-state index in [1.807, 2.05) is 61.5 Å². The van der Waals surface area contributed by atoms with Crippen LogP contribution in [0, 0.1) is 0 Å². The van der Waals surface area contributed by atoms with Crippen molar-refractivity contribution in [1.29, 1.82) is 0 Å². The molecule has 17 heavy (non-hydrogen) atoms. The van der Waals surface area contributed by atoms with Crippen LogP contribution in [0.2, 0.25) is 0 Å². The molecule has 0 aliphatic carbocycles. The molecule has 0 fully saturated rings. The van der Waals surface area contributed by atoms with E-state index in [-0.39, 0.29) is 0 Å². The fourth-order valence-corrected chi connectivity index (χ4v) is 4.87. The fraction of sp³-hybridized carbons (Fsp3) is 0.143. The van der Waals surface area contributed by atoms with E-state index < -0.39 is 20.2 Å². The van der Waals surface area contributed by atoms with Crippen molar-refractivity contribution in [3.63, 3.8) is 0 Å². The van der Waals surface area contributed by atoms with Gasteiger partial charge in [0.25, 0.3) is 0 Å². The van der Waals surface area contributed by atoms with E-state index in [1.165, 1.54) is 0 Å². The molecule has 0 N–H and O–H groups in total. The third-order valence-corrected chi connectivity index (χ3v) is 6.58. The zero-order chi connectivity index (χ0) is 12.1. The quantitative estimate of drug-likeness (QED) is 0.804. The normalized spacial score (nSPS) is 10.2. The minimum absolute atomic E-state index is 0.515. The van der Waals surface area contributed by atoms with Gasteiger partial charge in [0, 0.05) is 0 Å². The Hall–Kier alpha value is -1.00. The van der Waals surface area contributed by atoms with E-state index in [0.29, 0.717) is 6.61 Å². The van der Waals surface area contributed by atoms with Gasteiger partial charge in [-0.05, 0) is 0 Å². The molecule has 0 heterocycles. The van der Waals surface area contributed by atoms with Gasteiger partial charge in [0.05, 0.1) is 0 Å². The second-order valence-corrected chi connectivity index (χ2v) is 7.63. The standard InChI is InChI=1S/C12H9.C2H5O.O.Sn/c1-3-7-11(8-4-1)12-9-5-2-6-10-12;1-2-3;;/h1-9H;2H2,1H3;;/q;-1;;+1. The minimum atomic E-state index is -3.10. The molecule has 0 radical (unpaired) electrons. The molecule has 0 amide bonds. The number of hydrogen-bond donors (Lipinski definition) is 0. The Morgan fingerprint density at radius 1 is 1.00 bits per heavy atom. The summed E-state index contributed by atoms with van der Waals surface area (Å²) in [6, 6.07) is 17.8. The third-order valence-electron chi connectivity index (χ3n) is 2.51. The monoisotopic (exact) mass is 334 g/mol. The van der Waals surface area contributed by atoms with Gasteiger partial charge in [0.2, 0.25) is 0 Å². The summed E-state index contributed by atoms with van der Waals surface area (Å²) in [5.41, 5.74) is 2.13. The number of rotatable bonds is 4. The van der Waals surface area contributed by atoms with Gasteiger partial charge in [-0.2, -0.15) is 0 Å². The van der Waals surface area contributed by atoms with Crippen LogP contribution in [0.3, 0.4) is 0 Å². The molecule has 0 atom stereocenters. The first-order valence-corrected chi connectivity index (χ1v) is 9.40. The van der Waals surface area contributed by atoms with E-state index >= 15 is 0 Å². The zero-order valence-corrected chi connectivity index (χ0v) is 12.6. The van der Waals surface area contributed by atoms with Crippen molar-refractivity contribution in [2.75, 3.05) is 6.61 Å². The maximum absolute atomic E-state index is 12.1. The molecule has 2 aromatic rings. The van der Waals surface area contributed by atoms with E-state index in [1.54, 1.807) is 0 Å². The van der Waals surface area contributed by atoms with Crippen LogP contribution in [0.25, 0.3) is 11.1 Å². The van der Waals surface area contributed by atoms with E-state index in [2.05, 4.69) is 0 Å². The van der Waals surface area contributed by atoms with Crippen LogP contribution in [0.5, 0.6) is 0 Å². The predicted molar refractivity (Wildman–Crippen MR) is 69.6 cm³/mol. The molecule has 0 aromatic heterocycles. The second kappa shape index (κ2) is 6.07. The zero-order valence-electron chi connectivity index (χ0n) is 9.72. The van der Waals surface area contributed by atoms with Crippen molar-refractivity contribution in [3.8, 4) is 11.1 Å². The molecule has 86 valence electrons. The van der Waals surface area contributed by atoms with Crippen molar-refractivity contribution in [2.24, 2.45) is 0 Å². The summed E-state index contributed by atoms with van der Waals surface area (Å²) in [5, 5.41) is 0. The van der Waals surface area contributed by atoms with Gasteiger partial charge in [0.1, 0.15) is 0 Å². The molecular weight excluding hydrogens is 319 g/mol. The predicted octanol–water partition coefficient (Wildman–Crippen LogP) is 2.52. The molecule has 0 unspecified atom stereocenters. The van der Waals surface area contributed by atoms with Crippen molar-refractivity contribution < 1.29 is 6.15 Å². The molecule has 2 rings (SSSR count). The van der Waals surface area contributed by atoms with Crippen molar-refractivity contribution in [3.05, 3.63) is 54.6 Å². The maximum atomic E-state index is 12.1. The number of benzene rings is 2. The van der Waals surface area contributed by atoms with Gasteiger partial charge >= 0.3 is 109 Å². The van der Waals surface area contributed by atoms with Gasteiger partial charge in [-0.25, -0.2) is 0 Å². The van der Waals surface area contributed by atoms with E-state index in [4.69, 9.17) is 3.07 Å². The number of hydrogen-bond acceptors (Lipinski definition) is 2. The Labute approximate surface area is 109 Å². The van der Waals surface area contributed by atoms with Crippen molar-refractivity contribution in [2.45, 2.75) is 6.92 Å². The summed E-state index contributed by atoms with van der Waals surface area (Å²) in [4.78, 5) is 0. The Kier molecular flexibility index (Phi) is 4.45. The van der Waals surface area contributed by atoms with Crippen LogP contribution in [0.4, 0.5) is 0 Å². The SMILES string of the molecule is CC[O][Sn](=[O])[c]1ccccc1-c1ccccc1. The Morgan fingerprint density at radius 3 is 2.35 bits per heavy atom. The fourth-order valence-electron chi connectivity index (χ4n) is 1.74. The first kappa shape index (κ1) is 12.5. The van der Waals surface area contributed by atoms with E-state index in [9.17, 15) is 3.08 Å². The summed E-state index contributed by atoms with van der Waals surface area (Å²) in [7, 11) is 0. The second-order valence-electron chi connectivity index (χ2n) is 3.63. The molecule has 0 aliphatic heterocycles. The van der Waals surface area contributed by atoms with Crippen LogP contribution in [0.15, 0.2) is 54.6 Å². The Bertz CT molecular complexity index is 509. The molecule has 2 nitrogen and oxygen atoms in total. The molecule has 0 aliphatic rings. The van der Waals surface area contributed by atoms with Crippen molar-refractivity contribution >= 4 is 23.7 Å². The van der Waals surface area contributed by atoms with Crippen molar-refractivity contribution in [1.82, 2.24) is 0 Å². The Balaban J connectivity index is 2.45. The average Bonchev–Trinajstić information content (AvgIpc) is 2.40. The molecule has 2 aromatic carbocycles. The molecule has 3 heteroatoms. The summed E-state index contributed by atoms with van der Waals surface area (Å²) in [6.07, 6.45) is 0. The molecule has 0 saturated carbocycles. The van der Waals surface area contributed by atoms with Crippen LogP contribution >= 0.6 is 0 Å². The third kappa shape index (κ3) is 3.01. The van der Waals surface area contributed by atoms with Crippen LogP contribution < -0.4 is 3.58 Å². The molecule has 0 spiro atoms. The summed E-state index contributed by atoms with van der Waals surface area (Å²) in [5.74, 6) is 0. The topological polar surface area (TPSA) is 26.3 Å². The summed E-state index contributed by atoms with van der Waals surface area (Å²) in [6.45, 7) is 2.39. The van der Waals surface area contributed by atoms with Gasteiger partial charge in [-0.1, -0.05) is 0 Å².